The van der Waals surface area contributed by atoms with Crippen molar-refractivity contribution in [3.05, 3.63) is 52.1 Å². The van der Waals surface area contributed by atoms with Crippen LogP contribution >= 0.6 is 15.9 Å². The molecule has 1 amide bonds. The van der Waals surface area contributed by atoms with Crippen molar-refractivity contribution in [2.24, 2.45) is 5.84 Å². The van der Waals surface area contributed by atoms with Crippen molar-refractivity contribution in [1.29, 1.82) is 0 Å². The largest absolute Gasteiger partial charge is 0.497 e. The standard InChI is InChI=1S/C14H15BrN4O2/c1-21-11-4-2-9(3-5-11)7-18-14(20)12-6-10(15)8-17-13(12)19-16/h2-6,8H,7,16H2,1H3,(H,17,19)(H,18,20). The van der Waals surface area contributed by atoms with Gasteiger partial charge >= 0.3 is 0 Å². The van der Waals surface area contributed by atoms with E-state index in [1.54, 1.807) is 19.4 Å². The van der Waals surface area contributed by atoms with Crippen LogP contribution in [0.1, 0.15) is 15.9 Å². The van der Waals surface area contributed by atoms with Gasteiger partial charge in [-0.1, -0.05) is 12.1 Å². The molecule has 110 valence electrons. The van der Waals surface area contributed by atoms with Crippen molar-refractivity contribution < 1.29 is 9.53 Å². The first kappa shape index (κ1) is 15.3. The minimum atomic E-state index is -0.257. The number of hydrogen-bond donors (Lipinski definition) is 3. The van der Waals surface area contributed by atoms with Crippen LogP contribution in [0.15, 0.2) is 41.0 Å². The van der Waals surface area contributed by atoms with Gasteiger partial charge in [0.25, 0.3) is 5.91 Å². The number of ether oxygens (including phenoxy) is 1. The Bertz CT molecular complexity index is 631. The third kappa shape index (κ3) is 3.93. The molecule has 7 heteroatoms. The second-order valence-electron chi connectivity index (χ2n) is 4.22. The average Bonchev–Trinajstić information content (AvgIpc) is 2.53. The molecule has 4 N–H and O–H groups in total. The highest BCUT2D eigenvalue weighted by molar-refractivity contribution is 9.10. The van der Waals surface area contributed by atoms with Gasteiger partial charge in [-0.25, -0.2) is 10.8 Å². The van der Waals surface area contributed by atoms with E-state index in [4.69, 9.17) is 10.6 Å². The number of nitrogens with zero attached hydrogens (tertiary/aromatic N) is 1. The van der Waals surface area contributed by atoms with Gasteiger partial charge in [0.05, 0.1) is 12.7 Å². The van der Waals surface area contributed by atoms with Crippen molar-refractivity contribution in [3.63, 3.8) is 0 Å². The molecule has 0 saturated carbocycles. The highest BCUT2D eigenvalue weighted by Crippen LogP contribution is 2.17. The molecule has 2 rings (SSSR count). The molecule has 0 aliphatic carbocycles. The molecular weight excluding hydrogens is 336 g/mol. The van der Waals surface area contributed by atoms with Gasteiger partial charge in [0.2, 0.25) is 0 Å². The number of rotatable bonds is 5. The van der Waals surface area contributed by atoms with E-state index >= 15 is 0 Å². The molecule has 0 atom stereocenters. The van der Waals surface area contributed by atoms with Gasteiger partial charge in [-0.3, -0.25) is 4.79 Å². The monoisotopic (exact) mass is 350 g/mol. The fourth-order valence-electron chi connectivity index (χ4n) is 1.75. The van der Waals surface area contributed by atoms with Crippen LogP contribution in [0.4, 0.5) is 5.82 Å². The molecule has 1 aromatic carbocycles. The molecule has 0 spiro atoms. The summed E-state index contributed by atoms with van der Waals surface area (Å²) >= 11 is 3.28. The lowest BCUT2D eigenvalue weighted by Gasteiger charge is -2.09. The summed E-state index contributed by atoms with van der Waals surface area (Å²) < 4.78 is 5.79. The summed E-state index contributed by atoms with van der Waals surface area (Å²) in [5.41, 5.74) is 3.75. The molecule has 21 heavy (non-hydrogen) atoms. The van der Waals surface area contributed by atoms with Crippen LogP contribution < -0.4 is 21.3 Å². The zero-order chi connectivity index (χ0) is 15.2. The molecule has 0 aliphatic rings. The number of nitrogens with one attached hydrogen (secondary N) is 2. The summed E-state index contributed by atoms with van der Waals surface area (Å²) in [6, 6.07) is 9.12. The van der Waals surface area contributed by atoms with Crippen molar-refractivity contribution in [1.82, 2.24) is 10.3 Å². The summed E-state index contributed by atoms with van der Waals surface area (Å²) in [5.74, 6) is 6.20. The lowest BCUT2D eigenvalue weighted by atomic mass is 10.2. The van der Waals surface area contributed by atoms with Crippen LogP contribution in [0.25, 0.3) is 0 Å². The smallest absolute Gasteiger partial charge is 0.255 e. The summed E-state index contributed by atoms with van der Waals surface area (Å²) in [6.07, 6.45) is 1.56. The van der Waals surface area contributed by atoms with E-state index in [9.17, 15) is 4.79 Å². The molecule has 1 heterocycles. The predicted octanol–water partition coefficient (Wildman–Crippen LogP) is 2.07. The Balaban J connectivity index is 2.05. The quantitative estimate of drug-likeness (QED) is 0.567. The van der Waals surface area contributed by atoms with E-state index in [2.05, 4.69) is 31.7 Å². The SMILES string of the molecule is COc1ccc(CNC(=O)c2cc(Br)cnc2NN)cc1. The Kier molecular flexibility index (Phi) is 5.13. The van der Waals surface area contributed by atoms with E-state index in [1.807, 2.05) is 24.3 Å². The van der Waals surface area contributed by atoms with Crippen LogP contribution in [-0.4, -0.2) is 18.0 Å². The molecule has 2 aromatic rings. The molecule has 0 bridgehead atoms. The van der Waals surface area contributed by atoms with E-state index < -0.39 is 0 Å². The van der Waals surface area contributed by atoms with Crippen molar-refractivity contribution >= 4 is 27.7 Å². The molecule has 0 saturated heterocycles. The molecule has 6 nitrogen and oxygen atoms in total. The van der Waals surface area contributed by atoms with Gasteiger partial charge in [-0.2, -0.15) is 0 Å². The zero-order valence-electron chi connectivity index (χ0n) is 11.4. The van der Waals surface area contributed by atoms with Gasteiger partial charge in [-0.15, -0.1) is 0 Å². The Hall–Kier alpha value is -2.12. The number of carbonyl (C=O) groups is 1. The average molecular weight is 351 g/mol. The number of pyridine rings is 1. The fourth-order valence-corrected chi connectivity index (χ4v) is 2.08. The summed E-state index contributed by atoms with van der Waals surface area (Å²) in [4.78, 5) is 16.2. The predicted molar refractivity (Wildman–Crippen MR) is 83.9 cm³/mol. The second kappa shape index (κ2) is 7.05. The van der Waals surface area contributed by atoms with Crippen LogP contribution in [0.3, 0.4) is 0 Å². The van der Waals surface area contributed by atoms with Gasteiger partial charge in [0.15, 0.2) is 5.82 Å². The highest BCUT2D eigenvalue weighted by atomic mass is 79.9. The maximum atomic E-state index is 12.2. The number of nitrogen functional groups attached to an aromatic ring is 1. The number of aromatic nitrogens is 1. The van der Waals surface area contributed by atoms with E-state index in [1.165, 1.54) is 0 Å². The first-order valence-corrected chi connectivity index (χ1v) is 6.96. The minimum Gasteiger partial charge on any atom is -0.497 e. The summed E-state index contributed by atoms with van der Waals surface area (Å²) in [6.45, 7) is 0.402. The van der Waals surface area contributed by atoms with Crippen molar-refractivity contribution in [3.8, 4) is 5.75 Å². The third-order valence-corrected chi connectivity index (χ3v) is 3.28. The number of hydrazine groups is 1. The molecule has 0 aliphatic heterocycles. The highest BCUT2D eigenvalue weighted by Gasteiger charge is 2.12. The van der Waals surface area contributed by atoms with E-state index in [0.29, 0.717) is 22.4 Å². The fraction of sp³-hybridized carbons (Fsp3) is 0.143. The Morgan fingerprint density at radius 1 is 1.38 bits per heavy atom. The van der Waals surface area contributed by atoms with Crippen LogP contribution in [-0.2, 0) is 6.54 Å². The van der Waals surface area contributed by atoms with Gasteiger partial charge < -0.3 is 15.5 Å². The summed E-state index contributed by atoms with van der Waals surface area (Å²) in [5, 5.41) is 2.82. The first-order valence-electron chi connectivity index (χ1n) is 6.17. The zero-order valence-corrected chi connectivity index (χ0v) is 13.0. The number of methoxy groups -OCH3 is 1. The topological polar surface area (TPSA) is 89.3 Å². The Morgan fingerprint density at radius 2 is 2.10 bits per heavy atom. The number of anilines is 1. The number of carbonyl (C=O) groups excluding carboxylic acids is 1. The maximum absolute atomic E-state index is 12.2. The lowest BCUT2D eigenvalue weighted by molar-refractivity contribution is 0.0951. The Labute approximate surface area is 130 Å². The molecule has 0 fully saturated rings. The number of benzene rings is 1. The molecule has 0 radical (unpaired) electrons. The number of amides is 1. The van der Waals surface area contributed by atoms with Crippen LogP contribution in [0.5, 0.6) is 5.75 Å². The van der Waals surface area contributed by atoms with Crippen molar-refractivity contribution in [2.75, 3.05) is 12.5 Å². The van der Waals surface area contributed by atoms with Gasteiger partial charge in [0, 0.05) is 17.2 Å². The van der Waals surface area contributed by atoms with E-state index in [-0.39, 0.29) is 5.91 Å². The number of halogens is 1. The lowest BCUT2D eigenvalue weighted by Crippen LogP contribution is -2.25. The maximum Gasteiger partial charge on any atom is 0.255 e. The number of nitrogens with two attached hydrogens (primary N) is 1. The third-order valence-electron chi connectivity index (χ3n) is 2.85. The normalized spacial score (nSPS) is 10.0. The Morgan fingerprint density at radius 3 is 2.71 bits per heavy atom. The van der Waals surface area contributed by atoms with Crippen molar-refractivity contribution in [2.45, 2.75) is 6.54 Å². The second-order valence-corrected chi connectivity index (χ2v) is 5.14. The van der Waals surface area contributed by atoms with Crippen LogP contribution in [0.2, 0.25) is 0 Å². The molecular formula is C14H15BrN4O2. The van der Waals surface area contributed by atoms with E-state index in [0.717, 1.165) is 11.3 Å². The molecule has 1 aromatic heterocycles. The van der Waals surface area contributed by atoms with Gasteiger partial charge in [-0.05, 0) is 39.7 Å². The van der Waals surface area contributed by atoms with Crippen LogP contribution in [0, 0.1) is 0 Å². The minimum absolute atomic E-state index is 0.257. The first-order chi connectivity index (χ1) is 10.1. The summed E-state index contributed by atoms with van der Waals surface area (Å²) in [7, 11) is 1.61. The number of hydrogen-bond acceptors (Lipinski definition) is 5. The molecule has 0 unspecified atom stereocenters. The van der Waals surface area contributed by atoms with Gasteiger partial charge in [0.1, 0.15) is 5.75 Å².